The molecule has 0 bridgehead atoms. The lowest BCUT2D eigenvalue weighted by Crippen LogP contribution is -2.35. The lowest BCUT2D eigenvalue weighted by atomic mass is 9.85. The van der Waals surface area contributed by atoms with Gasteiger partial charge in [-0.05, 0) is 67.7 Å². The first-order chi connectivity index (χ1) is 16.5. The Balaban J connectivity index is 2.10. The van der Waals surface area contributed by atoms with Gasteiger partial charge < -0.3 is 19.6 Å². The van der Waals surface area contributed by atoms with Crippen molar-refractivity contribution in [1.82, 2.24) is 9.80 Å². The van der Waals surface area contributed by atoms with Crippen molar-refractivity contribution in [1.29, 1.82) is 0 Å². The van der Waals surface area contributed by atoms with Gasteiger partial charge in [0.1, 0.15) is 11.5 Å². The van der Waals surface area contributed by atoms with E-state index >= 15 is 0 Å². The van der Waals surface area contributed by atoms with Crippen LogP contribution in [-0.4, -0.2) is 60.4 Å². The Hall–Kier alpha value is -3.12. The molecule has 0 spiro atoms. The minimum absolute atomic E-state index is 0.0234. The number of Topliss-reactive ketones (excluding diaryl/α,β-unsaturated/α-hetero) is 1. The summed E-state index contributed by atoms with van der Waals surface area (Å²) in [6.45, 7) is 12.0. The average molecular weight is 479 g/mol. The van der Waals surface area contributed by atoms with E-state index in [-0.39, 0.29) is 16.7 Å². The van der Waals surface area contributed by atoms with Gasteiger partial charge in [0.15, 0.2) is 0 Å². The third kappa shape index (κ3) is 5.76. The molecule has 1 atom stereocenters. The molecular weight excluding hydrogens is 440 g/mol. The largest absolute Gasteiger partial charge is 0.507 e. The first-order valence-corrected chi connectivity index (χ1v) is 12.2. The summed E-state index contributed by atoms with van der Waals surface area (Å²) in [6, 6.07) is 12.7. The molecule has 0 aromatic heterocycles. The predicted octanol–water partition coefficient (Wildman–Crippen LogP) is 5.06. The maximum absolute atomic E-state index is 13.2. The zero-order valence-electron chi connectivity index (χ0n) is 22.0. The third-order valence-electron chi connectivity index (χ3n) is 6.33. The molecule has 3 rings (SSSR count). The highest BCUT2D eigenvalue weighted by Gasteiger charge is 2.46. The number of aliphatic hydroxyl groups excluding tert-OH is 1. The molecular formula is C29H38N2O4. The van der Waals surface area contributed by atoms with Crippen LogP contribution >= 0.6 is 0 Å². The molecule has 1 aliphatic heterocycles. The molecule has 1 unspecified atom stereocenters. The first-order valence-electron chi connectivity index (χ1n) is 12.2. The smallest absolute Gasteiger partial charge is 0.295 e. The zero-order valence-corrected chi connectivity index (χ0v) is 22.0. The van der Waals surface area contributed by atoms with Crippen LogP contribution in [0.4, 0.5) is 0 Å². The second kappa shape index (κ2) is 10.6. The number of amides is 1. The van der Waals surface area contributed by atoms with Crippen LogP contribution in [0.25, 0.3) is 5.76 Å². The molecule has 1 heterocycles. The molecule has 0 aliphatic carbocycles. The minimum Gasteiger partial charge on any atom is -0.507 e. The molecule has 2 aromatic rings. The fourth-order valence-corrected chi connectivity index (χ4v) is 4.26. The number of aliphatic hydroxyl groups is 1. The number of hydrogen-bond donors (Lipinski definition) is 1. The Morgan fingerprint density at radius 2 is 1.74 bits per heavy atom. The van der Waals surface area contributed by atoms with Crippen LogP contribution in [0.2, 0.25) is 0 Å². The molecule has 1 N–H and O–H groups in total. The summed E-state index contributed by atoms with van der Waals surface area (Å²) < 4.78 is 5.75. The van der Waals surface area contributed by atoms with E-state index in [9.17, 15) is 14.7 Å². The SMILES string of the molecule is CCCOc1ccc(/C(O)=C2\C(=O)C(=O)N(CCN(C)C)C2c2ccc(C(C)(C)C)cc2)cc1C. The lowest BCUT2D eigenvalue weighted by molar-refractivity contribution is -0.140. The van der Waals surface area contributed by atoms with Crippen molar-refractivity contribution in [2.45, 2.75) is 52.5 Å². The number of rotatable bonds is 8. The molecule has 0 saturated carbocycles. The summed E-state index contributed by atoms with van der Waals surface area (Å²) in [6.07, 6.45) is 0.894. The van der Waals surface area contributed by atoms with Crippen molar-refractivity contribution < 1.29 is 19.4 Å². The van der Waals surface area contributed by atoms with Crippen LogP contribution < -0.4 is 4.74 Å². The van der Waals surface area contributed by atoms with Gasteiger partial charge in [0.25, 0.3) is 11.7 Å². The molecule has 6 heteroatoms. The summed E-state index contributed by atoms with van der Waals surface area (Å²) in [7, 11) is 3.85. The number of carbonyl (C=O) groups is 2. The van der Waals surface area contributed by atoms with E-state index in [1.807, 2.05) is 57.1 Å². The van der Waals surface area contributed by atoms with Gasteiger partial charge in [-0.15, -0.1) is 0 Å². The van der Waals surface area contributed by atoms with Gasteiger partial charge >= 0.3 is 0 Å². The summed E-state index contributed by atoms with van der Waals surface area (Å²) in [5, 5.41) is 11.3. The van der Waals surface area contributed by atoms with Crippen LogP contribution in [0.15, 0.2) is 48.0 Å². The van der Waals surface area contributed by atoms with E-state index in [2.05, 4.69) is 20.8 Å². The number of hydrogen-bond acceptors (Lipinski definition) is 5. The first kappa shape index (κ1) is 26.5. The number of ether oxygens (including phenoxy) is 1. The van der Waals surface area contributed by atoms with E-state index in [1.54, 1.807) is 23.1 Å². The fraction of sp³-hybridized carbons (Fsp3) is 0.448. The molecule has 1 saturated heterocycles. The summed E-state index contributed by atoms with van der Waals surface area (Å²) in [5.74, 6) is -0.664. The van der Waals surface area contributed by atoms with Gasteiger partial charge in [0, 0.05) is 18.7 Å². The van der Waals surface area contributed by atoms with Gasteiger partial charge in [0.05, 0.1) is 18.2 Å². The molecule has 6 nitrogen and oxygen atoms in total. The Morgan fingerprint density at radius 1 is 1.09 bits per heavy atom. The van der Waals surface area contributed by atoms with E-state index < -0.39 is 17.7 Å². The number of benzene rings is 2. The van der Waals surface area contributed by atoms with Gasteiger partial charge in [-0.2, -0.15) is 0 Å². The molecule has 35 heavy (non-hydrogen) atoms. The number of likely N-dealkylation sites (N-methyl/N-ethyl adjacent to an activating group) is 1. The Labute approximate surface area is 209 Å². The summed E-state index contributed by atoms with van der Waals surface area (Å²) >= 11 is 0. The highest BCUT2D eigenvalue weighted by Crippen LogP contribution is 2.40. The van der Waals surface area contributed by atoms with Crippen molar-refractivity contribution in [3.05, 3.63) is 70.3 Å². The van der Waals surface area contributed by atoms with Crippen molar-refractivity contribution in [3.8, 4) is 5.75 Å². The van der Waals surface area contributed by atoms with Gasteiger partial charge in [-0.1, -0.05) is 52.0 Å². The van der Waals surface area contributed by atoms with E-state index in [0.717, 1.165) is 28.9 Å². The lowest BCUT2D eigenvalue weighted by Gasteiger charge is -2.27. The molecule has 1 aliphatic rings. The van der Waals surface area contributed by atoms with Crippen LogP contribution in [0.5, 0.6) is 5.75 Å². The maximum Gasteiger partial charge on any atom is 0.295 e. The van der Waals surface area contributed by atoms with Gasteiger partial charge in [-0.25, -0.2) is 0 Å². The second-order valence-electron chi connectivity index (χ2n) is 10.5. The highest BCUT2D eigenvalue weighted by atomic mass is 16.5. The average Bonchev–Trinajstić information content (AvgIpc) is 3.05. The molecule has 2 aromatic carbocycles. The number of likely N-dealkylation sites (tertiary alicyclic amines) is 1. The Bertz CT molecular complexity index is 1110. The van der Waals surface area contributed by atoms with Crippen molar-refractivity contribution in [3.63, 3.8) is 0 Å². The van der Waals surface area contributed by atoms with E-state index in [1.165, 1.54) is 0 Å². The normalized spacial score (nSPS) is 17.9. The number of nitrogens with zero attached hydrogens (tertiary/aromatic N) is 2. The Kier molecular flexibility index (Phi) is 8.06. The summed E-state index contributed by atoms with van der Waals surface area (Å²) in [4.78, 5) is 29.9. The fourth-order valence-electron chi connectivity index (χ4n) is 4.26. The number of carbonyl (C=O) groups excluding carboxylic acids is 2. The molecule has 0 radical (unpaired) electrons. The highest BCUT2D eigenvalue weighted by molar-refractivity contribution is 6.46. The Morgan fingerprint density at radius 3 is 2.29 bits per heavy atom. The minimum atomic E-state index is -0.657. The second-order valence-corrected chi connectivity index (χ2v) is 10.5. The summed E-state index contributed by atoms with van der Waals surface area (Å²) in [5.41, 5.74) is 3.41. The van der Waals surface area contributed by atoms with Crippen LogP contribution in [-0.2, 0) is 15.0 Å². The monoisotopic (exact) mass is 478 g/mol. The topological polar surface area (TPSA) is 70.1 Å². The van der Waals surface area contributed by atoms with Crippen molar-refractivity contribution >= 4 is 17.4 Å². The van der Waals surface area contributed by atoms with Crippen molar-refractivity contribution in [2.24, 2.45) is 0 Å². The maximum atomic E-state index is 13.2. The molecule has 188 valence electrons. The molecule has 1 amide bonds. The number of aryl methyl sites for hydroxylation is 1. The van der Waals surface area contributed by atoms with E-state index in [4.69, 9.17) is 4.74 Å². The quantitative estimate of drug-likeness (QED) is 0.326. The molecule has 1 fully saturated rings. The number of ketones is 1. The van der Waals surface area contributed by atoms with Crippen LogP contribution in [0.3, 0.4) is 0 Å². The van der Waals surface area contributed by atoms with Gasteiger partial charge in [0.2, 0.25) is 0 Å². The van der Waals surface area contributed by atoms with E-state index in [0.29, 0.717) is 25.3 Å². The third-order valence-corrected chi connectivity index (χ3v) is 6.33. The van der Waals surface area contributed by atoms with Crippen LogP contribution in [0, 0.1) is 6.92 Å². The van der Waals surface area contributed by atoms with Crippen LogP contribution in [0.1, 0.15) is 62.4 Å². The van der Waals surface area contributed by atoms with Gasteiger partial charge in [-0.3, -0.25) is 9.59 Å². The predicted molar refractivity (Wildman–Crippen MR) is 140 cm³/mol. The standard InChI is InChI=1S/C29H38N2O4/c1-8-17-35-23-14-11-21(18-19(23)2)26(32)24-25(20-9-12-22(13-10-20)29(3,4)5)31(16-15-30(6)7)28(34)27(24)33/h9-14,18,25,32H,8,15-17H2,1-7H3/b26-24+. The van der Waals surface area contributed by atoms with Crippen molar-refractivity contribution in [2.75, 3.05) is 33.8 Å². The zero-order chi connectivity index (χ0) is 25.9.